The van der Waals surface area contributed by atoms with Crippen LogP contribution in [0.1, 0.15) is 45.6 Å². The van der Waals surface area contributed by atoms with Crippen LogP contribution in [0.5, 0.6) is 0 Å². The molecule has 1 aromatic carbocycles. The molecule has 2 nitrogen and oxygen atoms in total. The lowest BCUT2D eigenvalue weighted by molar-refractivity contribution is 0.0280. The van der Waals surface area contributed by atoms with Gasteiger partial charge in [-0.1, -0.05) is 30.3 Å². The summed E-state index contributed by atoms with van der Waals surface area (Å²) in [5.41, 5.74) is 1.89. The van der Waals surface area contributed by atoms with E-state index in [9.17, 15) is 0 Å². The standard InChI is InChI=1S/C19H29NO/c1-18(2,3)20-14-19(13-15-7-5-4-6-8-15)11-12-21-17(19)16-9-10-16/h4-8,16-17,20H,9-14H2,1-3H3. The van der Waals surface area contributed by atoms with Gasteiger partial charge >= 0.3 is 0 Å². The minimum atomic E-state index is 0.167. The predicted molar refractivity (Wildman–Crippen MR) is 87.4 cm³/mol. The molecule has 3 rings (SSSR count). The molecule has 0 radical (unpaired) electrons. The maximum Gasteiger partial charge on any atom is 0.0675 e. The van der Waals surface area contributed by atoms with Crippen LogP contribution in [0, 0.1) is 11.3 Å². The fraction of sp³-hybridized carbons (Fsp3) is 0.684. The summed E-state index contributed by atoms with van der Waals surface area (Å²) in [5.74, 6) is 0.804. The van der Waals surface area contributed by atoms with Gasteiger partial charge in [-0.3, -0.25) is 0 Å². The van der Waals surface area contributed by atoms with Gasteiger partial charge in [0.05, 0.1) is 6.10 Å². The van der Waals surface area contributed by atoms with Gasteiger partial charge < -0.3 is 10.1 Å². The van der Waals surface area contributed by atoms with Crippen molar-refractivity contribution in [3.63, 3.8) is 0 Å². The van der Waals surface area contributed by atoms with Crippen LogP contribution in [0.15, 0.2) is 30.3 Å². The Bertz CT molecular complexity index is 460. The molecule has 0 aromatic heterocycles. The first kappa shape index (κ1) is 15.1. The zero-order chi connectivity index (χ0) is 14.9. The van der Waals surface area contributed by atoms with Gasteiger partial charge in [-0.2, -0.15) is 0 Å². The van der Waals surface area contributed by atoms with Gasteiger partial charge in [-0.15, -0.1) is 0 Å². The summed E-state index contributed by atoms with van der Waals surface area (Å²) in [6.07, 6.45) is 5.49. The topological polar surface area (TPSA) is 21.3 Å². The van der Waals surface area contributed by atoms with Gasteiger partial charge in [0.25, 0.3) is 0 Å². The molecule has 1 N–H and O–H groups in total. The lowest BCUT2D eigenvalue weighted by atomic mass is 9.73. The zero-order valence-corrected chi connectivity index (χ0v) is 13.7. The summed E-state index contributed by atoms with van der Waals surface area (Å²) in [4.78, 5) is 0. The minimum Gasteiger partial charge on any atom is -0.377 e. The quantitative estimate of drug-likeness (QED) is 0.889. The van der Waals surface area contributed by atoms with Crippen molar-refractivity contribution >= 4 is 0 Å². The van der Waals surface area contributed by atoms with Crippen LogP contribution in [0.25, 0.3) is 0 Å². The molecule has 2 aliphatic rings. The van der Waals surface area contributed by atoms with E-state index in [2.05, 4.69) is 56.4 Å². The Morgan fingerprint density at radius 2 is 1.90 bits per heavy atom. The maximum absolute atomic E-state index is 6.19. The van der Waals surface area contributed by atoms with Crippen molar-refractivity contribution in [1.82, 2.24) is 5.32 Å². The number of benzene rings is 1. The van der Waals surface area contributed by atoms with Crippen molar-refractivity contribution in [3.05, 3.63) is 35.9 Å². The molecule has 0 spiro atoms. The van der Waals surface area contributed by atoms with Crippen LogP contribution in [0.3, 0.4) is 0 Å². The van der Waals surface area contributed by atoms with Crippen LogP contribution in [0.2, 0.25) is 0 Å². The Morgan fingerprint density at radius 1 is 1.19 bits per heavy atom. The lowest BCUT2D eigenvalue weighted by Crippen LogP contribution is -2.49. The van der Waals surface area contributed by atoms with E-state index in [0.717, 1.165) is 25.5 Å². The summed E-state index contributed by atoms with van der Waals surface area (Å²) in [7, 11) is 0. The monoisotopic (exact) mass is 287 g/mol. The molecule has 0 amide bonds. The number of hydrogen-bond donors (Lipinski definition) is 1. The Labute approximate surface area is 129 Å². The molecule has 1 aliphatic carbocycles. The van der Waals surface area contributed by atoms with Crippen LogP contribution >= 0.6 is 0 Å². The van der Waals surface area contributed by atoms with E-state index < -0.39 is 0 Å². The summed E-state index contributed by atoms with van der Waals surface area (Å²) in [6.45, 7) is 8.76. The fourth-order valence-corrected chi connectivity index (χ4v) is 3.63. The first-order chi connectivity index (χ1) is 9.99. The van der Waals surface area contributed by atoms with Crippen molar-refractivity contribution in [3.8, 4) is 0 Å². The number of ether oxygens (including phenoxy) is 1. The SMILES string of the molecule is CC(C)(C)NCC1(Cc2ccccc2)CCOC1C1CC1. The van der Waals surface area contributed by atoms with Gasteiger partial charge in [0.15, 0.2) is 0 Å². The summed E-state index contributed by atoms with van der Waals surface area (Å²) >= 11 is 0. The average Bonchev–Trinajstić information content (AvgIpc) is 3.19. The van der Waals surface area contributed by atoms with Gasteiger partial charge in [-0.05, 0) is 57.9 Å². The van der Waals surface area contributed by atoms with Crippen LogP contribution < -0.4 is 5.32 Å². The van der Waals surface area contributed by atoms with Gasteiger partial charge in [0.1, 0.15) is 0 Å². The normalized spacial score (nSPS) is 29.8. The van der Waals surface area contributed by atoms with Gasteiger partial charge in [-0.25, -0.2) is 0 Å². The molecule has 1 aromatic rings. The first-order valence-electron chi connectivity index (χ1n) is 8.39. The number of nitrogens with one attached hydrogen (secondary N) is 1. The molecule has 1 heterocycles. The van der Waals surface area contributed by atoms with Crippen molar-refractivity contribution in [1.29, 1.82) is 0 Å². The van der Waals surface area contributed by atoms with Crippen molar-refractivity contribution < 1.29 is 4.74 Å². The molecule has 2 unspecified atom stereocenters. The Balaban J connectivity index is 1.79. The van der Waals surface area contributed by atoms with Crippen molar-refractivity contribution in [2.75, 3.05) is 13.2 Å². The van der Waals surface area contributed by atoms with Gasteiger partial charge in [0, 0.05) is 24.1 Å². The highest BCUT2D eigenvalue weighted by atomic mass is 16.5. The summed E-state index contributed by atoms with van der Waals surface area (Å²) in [6, 6.07) is 10.9. The molecule has 2 heteroatoms. The summed E-state index contributed by atoms with van der Waals surface area (Å²) < 4.78 is 6.19. The molecule has 2 fully saturated rings. The Hall–Kier alpha value is -0.860. The van der Waals surface area contributed by atoms with E-state index in [4.69, 9.17) is 4.74 Å². The van der Waals surface area contributed by atoms with E-state index in [-0.39, 0.29) is 11.0 Å². The highest BCUT2D eigenvalue weighted by Crippen LogP contribution is 2.49. The Kier molecular flexibility index (Phi) is 4.11. The molecular formula is C19H29NO. The molecular weight excluding hydrogens is 258 g/mol. The average molecular weight is 287 g/mol. The van der Waals surface area contributed by atoms with Gasteiger partial charge in [0.2, 0.25) is 0 Å². The van der Waals surface area contributed by atoms with Crippen molar-refractivity contribution in [2.45, 2.75) is 58.1 Å². The lowest BCUT2D eigenvalue weighted by Gasteiger charge is -2.37. The largest absolute Gasteiger partial charge is 0.377 e. The molecule has 1 aliphatic heterocycles. The third-order valence-electron chi connectivity index (χ3n) is 4.92. The molecule has 21 heavy (non-hydrogen) atoms. The molecule has 0 bridgehead atoms. The molecule has 116 valence electrons. The van der Waals surface area contributed by atoms with E-state index in [1.54, 1.807) is 0 Å². The number of rotatable bonds is 5. The second kappa shape index (κ2) is 5.73. The van der Waals surface area contributed by atoms with Crippen LogP contribution in [-0.2, 0) is 11.2 Å². The second-order valence-corrected chi connectivity index (χ2v) is 8.01. The van der Waals surface area contributed by atoms with E-state index in [1.165, 1.54) is 24.8 Å². The summed E-state index contributed by atoms with van der Waals surface area (Å²) in [5, 5.41) is 3.76. The first-order valence-corrected chi connectivity index (χ1v) is 8.39. The predicted octanol–water partition coefficient (Wildman–Crippen LogP) is 3.80. The fourth-order valence-electron chi connectivity index (χ4n) is 3.63. The van der Waals surface area contributed by atoms with E-state index >= 15 is 0 Å². The van der Waals surface area contributed by atoms with E-state index in [0.29, 0.717) is 6.10 Å². The Morgan fingerprint density at radius 3 is 2.52 bits per heavy atom. The third-order valence-corrected chi connectivity index (χ3v) is 4.92. The van der Waals surface area contributed by atoms with Crippen LogP contribution in [-0.4, -0.2) is 24.8 Å². The molecule has 1 saturated heterocycles. The smallest absolute Gasteiger partial charge is 0.0675 e. The second-order valence-electron chi connectivity index (χ2n) is 8.01. The molecule has 1 saturated carbocycles. The van der Waals surface area contributed by atoms with Crippen molar-refractivity contribution in [2.24, 2.45) is 11.3 Å². The third kappa shape index (κ3) is 3.67. The zero-order valence-electron chi connectivity index (χ0n) is 13.7. The van der Waals surface area contributed by atoms with Crippen LogP contribution in [0.4, 0.5) is 0 Å². The highest BCUT2D eigenvalue weighted by molar-refractivity contribution is 5.19. The number of hydrogen-bond acceptors (Lipinski definition) is 2. The minimum absolute atomic E-state index is 0.167. The highest BCUT2D eigenvalue weighted by Gasteiger charge is 2.50. The molecule has 2 atom stereocenters. The maximum atomic E-state index is 6.19. The van der Waals surface area contributed by atoms with E-state index in [1.807, 2.05) is 0 Å².